The third kappa shape index (κ3) is 2.46. The Bertz CT molecular complexity index is 403. The second-order valence-corrected chi connectivity index (χ2v) is 4.14. The molecule has 0 bridgehead atoms. The van der Waals surface area contributed by atoms with E-state index in [9.17, 15) is 4.79 Å². The summed E-state index contributed by atoms with van der Waals surface area (Å²) in [5, 5.41) is 3.19. The average molecular weight is 241 g/mol. The Morgan fingerprint density at radius 1 is 1.56 bits per heavy atom. The third-order valence-corrected chi connectivity index (χ3v) is 2.80. The summed E-state index contributed by atoms with van der Waals surface area (Å²) in [6, 6.07) is 4.97. The molecule has 86 valence electrons. The minimum atomic E-state index is -0.363. The molecule has 1 saturated heterocycles. The maximum absolute atomic E-state index is 11.7. The molecule has 0 aromatic heterocycles. The lowest BCUT2D eigenvalue weighted by atomic mass is 10.2. The van der Waals surface area contributed by atoms with Crippen LogP contribution in [0.3, 0.4) is 0 Å². The number of benzene rings is 1. The summed E-state index contributed by atoms with van der Waals surface area (Å²) in [6.45, 7) is 0.642. The van der Waals surface area contributed by atoms with Crippen LogP contribution in [0.25, 0.3) is 0 Å². The SMILES string of the molecule is Nc1ccc(Cl)c(NC(=O)C2CCCO2)c1. The van der Waals surface area contributed by atoms with Gasteiger partial charge in [0.15, 0.2) is 0 Å². The number of amides is 1. The highest BCUT2D eigenvalue weighted by Crippen LogP contribution is 2.25. The number of hydrogen-bond acceptors (Lipinski definition) is 3. The van der Waals surface area contributed by atoms with E-state index in [1.165, 1.54) is 0 Å². The summed E-state index contributed by atoms with van der Waals surface area (Å²) in [7, 11) is 0. The number of ether oxygens (including phenoxy) is 1. The fourth-order valence-electron chi connectivity index (χ4n) is 1.64. The van der Waals surface area contributed by atoms with Gasteiger partial charge in [-0.15, -0.1) is 0 Å². The molecule has 1 fully saturated rings. The van der Waals surface area contributed by atoms with Crippen LogP contribution in [0.2, 0.25) is 5.02 Å². The van der Waals surface area contributed by atoms with Gasteiger partial charge in [-0.3, -0.25) is 4.79 Å². The van der Waals surface area contributed by atoms with Crippen molar-refractivity contribution in [2.45, 2.75) is 18.9 Å². The molecular formula is C11H13ClN2O2. The van der Waals surface area contributed by atoms with Crippen molar-refractivity contribution in [3.05, 3.63) is 23.2 Å². The largest absolute Gasteiger partial charge is 0.399 e. The van der Waals surface area contributed by atoms with Gasteiger partial charge in [0.05, 0.1) is 10.7 Å². The monoisotopic (exact) mass is 240 g/mol. The summed E-state index contributed by atoms with van der Waals surface area (Å²) in [5.74, 6) is -0.162. The van der Waals surface area contributed by atoms with Crippen LogP contribution in [-0.4, -0.2) is 18.6 Å². The quantitative estimate of drug-likeness (QED) is 0.778. The number of anilines is 2. The first-order valence-electron chi connectivity index (χ1n) is 5.14. The van der Waals surface area contributed by atoms with Crippen LogP contribution in [-0.2, 0) is 9.53 Å². The van der Waals surface area contributed by atoms with Crippen LogP contribution in [0.5, 0.6) is 0 Å². The fourth-order valence-corrected chi connectivity index (χ4v) is 1.80. The van der Waals surface area contributed by atoms with Crippen LogP contribution in [0.4, 0.5) is 11.4 Å². The zero-order valence-corrected chi connectivity index (χ0v) is 9.46. The maximum atomic E-state index is 11.7. The summed E-state index contributed by atoms with van der Waals surface area (Å²) < 4.78 is 5.27. The maximum Gasteiger partial charge on any atom is 0.253 e. The fraction of sp³-hybridized carbons (Fsp3) is 0.364. The van der Waals surface area contributed by atoms with E-state index in [-0.39, 0.29) is 12.0 Å². The van der Waals surface area contributed by atoms with Crippen molar-refractivity contribution in [3.63, 3.8) is 0 Å². The van der Waals surface area contributed by atoms with Gasteiger partial charge in [-0.2, -0.15) is 0 Å². The first kappa shape index (κ1) is 11.2. The van der Waals surface area contributed by atoms with Crippen molar-refractivity contribution >= 4 is 28.9 Å². The van der Waals surface area contributed by atoms with E-state index < -0.39 is 0 Å². The molecule has 4 nitrogen and oxygen atoms in total. The van der Waals surface area contributed by atoms with Crippen molar-refractivity contribution in [3.8, 4) is 0 Å². The van der Waals surface area contributed by atoms with Crippen LogP contribution < -0.4 is 11.1 Å². The van der Waals surface area contributed by atoms with Crippen molar-refractivity contribution < 1.29 is 9.53 Å². The molecule has 0 saturated carbocycles. The molecule has 1 atom stereocenters. The first-order chi connectivity index (χ1) is 7.66. The van der Waals surface area contributed by atoms with Gasteiger partial charge in [-0.25, -0.2) is 0 Å². The highest BCUT2D eigenvalue weighted by atomic mass is 35.5. The number of nitrogens with two attached hydrogens (primary N) is 1. The standard InChI is InChI=1S/C11H13ClN2O2/c12-8-4-3-7(13)6-9(8)14-11(15)10-2-1-5-16-10/h3-4,6,10H,1-2,5,13H2,(H,14,15). The molecule has 2 rings (SSSR count). The van der Waals surface area contributed by atoms with Gasteiger partial charge in [-0.1, -0.05) is 11.6 Å². The van der Waals surface area contributed by atoms with Gasteiger partial charge in [0.2, 0.25) is 0 Å². The van der Waals surface area contributed by atoms with E-state index in [4.69, 9.17) is 22.1 Å². The summed E-state index contributed by atoms with van der Waals surface area (Å²) in [6.07, 6.45) is 1.31. The number of hydrogen-bond donors (Lipinski definition) is 2. The summed E-state index contributed by atoms with van der Waals surface area (Å²) in [4.78, 5) is 11.7. The highest BCUT2D eigenvalue weighted by Gasteiger charge is 2.23. The lowest BCUT2D eigenvalue weighted by Gasteiger charge is -2.11. The molecule has 1 aromatic carbocycles. The van der Waals surface area contributed by atoms with Gasteiger partial charge in [0.1, 0.15) is 6.10 Å². The Morgan fingerprint density at radius 3 is 3.06 bits per heavy atom. The number of carbonyl (C=O) groups is 1. The Labute approximate surface area is 98.7 Å². The van der Waals surface area contributed by atoms with Crippen LogP contribution in [0.15, 0.2) is 18.2 Å². The molecule has 1 amide bonds. The number of nitrogen functional groups attached to an aromatic ring is 1. The molecule has 1 heterocycles. The van der Waals surface area contributed by atoms with E-state index in [1.54, 1.807) is 18.2 Å². The number of carbonyl (C=O) groups excluding carboxylic acids is 1. The van der Waals surface area contributed by atoms with E-state index in [1.807, 2.05) is 0 Å². The van der Waals surface area contributed by atoms with Crippen molar-refractivity contribution in [2.75, 3.05) is 17.7 Å². The first-order valence-corrected chi connectivity index (χ1v) is 5.52. The minimum absolute atomic E-state index is 0.162. The van der Waals surface area contributed by atoms with Crippen LogP contribution >= 0.6 is 11.6 Å². The summed E-state index contributed by atoms with van der Waals surface area (Å²) in [5.41, 5.74) is 6.71. The number of rotatable bonds is 2. The molecule has 1 aliphatic heterocycles. The van der Waals surface area contributed by atoms with E-state index in [0.717, 1.165) is 12.8 Å². The van der Waals surface area contributed by atoms with Gasteiger partial charge < -0.3 is 15.8 Å². The van der Waals surface area contributed by atoms with Crippen molar-refractivity contribution in [1.82, 2.24) is 0 Å². The Hall–Kier alpha value is -1.26. The molecule has 0 aliphatic carbocycles. The van der Waals surface area contributed by atoms with E-state index >= 15 is 0 Å². The molecule has 0 radical (unpaired) electrons. The minimum Gasteiger partial charge on any atom is -0.399 e. The van der Waals surface area contributed by atoms with E-state index in [0.29, 0.717) is 23.0 Å². The van der Waals surface area contributed by atoms with Gasteiger partial charge in [0.25, 0.3) is 5.91 Å². The number of nitrogens with one attached hydrogen (secondary N) is 1. The predicted octanol–water partition coefficient (Wildman–Crippen LogP) is 2.04. The third-order valence-electron chi connectivity index (χ3n) is 2.47. The predicted molar refractivity (Wildman–Crippen MR) is 63.5 cm³/mol. The highest BCUT2D eigenvalue weighted by molar-refractivity contribution is 6.33. The van der Waals surface area contributed by atoms with Crippen molar-refractivity contribution in [1.29, 1.82) is 0 Å². The number of halogens is 1. The van der Waals surface area contributed by atoms with Crippen LogP contribution in [0, 0.1) is 0 Å². The summed E-state index contributed by atoms with van der Waals surface area (Å²) >= 11 is 5.94. The van der Waals surface area contributed by atoms with Crippen molar-refractivity contribution in [2.24, 2.45) is 0 Å². The molecule has 0 spiro atoms. The lowest BCUT2D eigenvalue weighted by molar-refractivity contribution is -0.124. The van der Waals surface area contributed by atoms with Crippen LogP contribution in [0.1, 0.15) is 12.8 Å². The van der Waals surface area contributed by atoms with Gasteiger partial charge in [-0.05, 0) is 31.0 Å². The molecule has 1 aliphatic rings. The zero-order valence-electron chi connectivity index (χ0n) is 8.70. The molecule has 16 heavy (non-hydrogen) atoms. The van der Waals surface area contributed by atoms with E-state index in [2.05, 4.69) is 5.32 Å². The zero-order chi connectivity index (χ0) is 11.5. The molecule has 3 N–H and O–H groups in total. The lowest BCUT2D eigenvalue weighted by Crippen LogP contribution is -2.27. The molecule has 1 aromatic rings. The van der Waals surface area contributed by atoms with Gasteiger partial charge in [0, 0.05) is 12.3 Å². The molecule has 5 heteroatoms. The Kier molecular flexibility index (Phi) is 3.31. The second kappa shape index (κ2) is 4.72. The topological polar surface area (TPSA) is 64.3 Å². The molecule has 1 unspecified atom stereocenters. The normalized spacial score (nSPS) is 19.7. The Balaban J connectivity index is 2.07. The molecular weight excluding hydrogens is 228 g/mol. The average Bonchev–Trinajstić information content (AvgIpc) is 2.76. The smallest absolute Gasteiger partial charge is 0.253 e. The second-order valence-electron chi connectivity index (χ2n) is 3.73. The Morgan fingerprint density at radius 2 is 2.38 bits per heavy atom. The van der Waals surface area contributed by atoms with Gasteiger partial charge >= 0.3 is 0 Å².